The lowest BCUT2D eigenvalue weighted by atomic mass is 10.1. The topological polar surface area (TPSA) is 93.4 Å². The van der Waals surface area contributed by atoms with Gasteiger partial charge in [0.25, 0.3) is 0 Å². The molecule has 1 aromatic rings. The van der Waals surface area contributed by atoms with Gasteiger partial charge in [-0.25, -0.2) is 9.59 Å². The Morgan fingerprint density at radius 3 is 2.95 bits per heavy atom. The number of hydrogen-bond donors (Lipinski definition) is 2. The molecule has 1 aromatic carbocycles. The number of rotatable bonds is 2. The second-order valence-electron chi connectivity index (χ2n) is 4.69. The minimum Gasteiger partial charge on any atom is -0.480 e. The summed E-state index contributed by atoms with van der Waals surface area (Å²) in [6.45, 7) is 2.21. The normalized spacial score (nSPS) is 17.9. The fourth-order valence-corrected chi connectivity index (χ4v) is 3.10. The number of nitrogens with zero attached hydrogens (tertiary/aromatic N) is 2. The Kier molecular flexibility index (Phi) is 4.70. The number of hydrogen-bond acceptors (Lipinski definition) is 4. The number of aliphatic carboxylic acids is 1. The molecule has 1 saturated heterocycles. The molecule has 0 bridgehead atoms. The fourth-order valence-electron chi connectivity index (χ4n) is 2.06. The van der Waals surface area contributed by atoms with E-state index in [2.05, 4.69) is 5.32 Å². The van der Waals surface area contributed by atoms with Gasteiger partial charge in [0.2, 0.25) is 0 Å². The van der Waals surface area contributed by atoms with Crippen molar-refractivity contribution in [3.05, 3.63) is 29.3 Å². The number of nitriles is 1. The standard InChI is InChI=1S/C14H15N3O3S/c1-9-2-3-10(7-15)6-11(9)16-14(20)17-4-5-21-8-12(17)13(18)19/h2-3,6,12H,4-5,8H2,1H3,(H,16,20)(H,18,19). The predicted octanol–water partition coefficient (Wildman–Crippen LogP) is 1.90. The maximum Gasteiger partial charge on any atom is 0.327 e. The monoisotopic (exact) mass is 305 g/mol. The summed E-state index contributed by atoms with van der Waals surface area (Å²) in [5.41, 5.74) is 1.79. The van der Waals surface area contributed by atoms with Crippen LogP contribution in [0.1, 0.15) is 11.1 Å². The van der Waals surface area contributed by atoms with E-state index in [0.717, 1.165) is 5.56 Å². The van der Waals surface area contributed by atoms with Gasteiger partial charge in [-0.15, -0.1) is 0 Å². The Morgan fingerprint density at radius 1 is 1.52 bits per heavy atom. The summed E-state index contributed by atoms with van der Waals surface area (Å²) in [6.07, 6.45) is 0. The molecule has 21 heavy (non-hydrogen) atoms. The van der Waals surface area contributed by atoms with Gasteiger partial charge in [0.05, 0.1) is 11.6 Å². The smallest absolute Gasteiger partial charge is 0.327 e. The number of carbonyl (C=O) groups is 2. The van der Waals surface area contributed by atoms with Crippen molar-refractivity contribution in [3.8, 4) is 6.07 Å². The number of amides is 2. The summed E-state index contributed by atoms with van der Waals surface area (Å²) in [7, 11) is 0. The molecule has 1 heterocycles. The lowest BCUT2D eigenvalue weighted by Crippen LogP contribution is -2.51. The highest BCUT2D eigenvalue weighted by molar-refractivity contribution is 7.99. The van der Waals surface area contributed by atoms with Crippen LogP contribution < -0.4 is 5.32 Å². The average Bonchev–Trinajstić information content (AvgIpc) is 2.49. The van der Waals surface area contributed by atoms with E-state index in [1.807, 2.05) is 13.0 Å². The van der Waals surface area contributed by atoms with E-state index in [0.29, 0.717) is 29.3 Å². The third kappa shape index (κ3) is 3.47. The minimum absolute atomic E-state index is 0.389. The van der Waals surface area contributed by atoms with Crippen LogP contribution in [0.4, 0.5) is 10.5 Å². The van der Waals surface area contributed by atoms with Gasteiger partial charge in [-0.3, -0.25) is 0 Å². The predicted molar refractivity (Wildman–Crippen MR) is 80.4 cm³/mol. The van der Waals surface area contributed by atoms with Gasteiger partial charge in [-0.05, 0) is 24.6 Å². The molecule has 0 saturated carbocycles. The van der Waals surface area contributed by atoms with E-state index in [4.69, 9.17) is 5.26 Å². The molecule has 1 fully saturated rings. The summed E-state index contributed by atoms with van der Waals surface area (Å²) in [6, 6.07) is 5.75. The van der Waals surface area contributed by atoms with Crippen LogP contribution in [0.2, 0.25) is 0 Å². The van der Waals surface area contributed by atoms with Crippen LogP contribution in [0.15, 0.2) is 18.2 Å². The first-order valence-electron chi connectivity index (χ1n) is 6.42. The quantitative estimate of drug-likeness (QED) is 0.870. The molecule has 7 heteroatoms. The Hall–Kier alpha value is -2.20. The number of benzene rings is 1. The van der Waals surface area contributed by atoms with E-state index in [9.17, 15) is 14.7 Å². The molecule has 0 aromatic heterocycles. The molecule has 1 unspecified atom stereocenters. The van der Waals surface area contributed by atoms with Crippen LogP contribution in [0.25, 0.3) is 0 Å². The van der Waals surface area contributed by atoms with Gasteiger partial charge in [0, 0.05) is 23.7 Å². The third-order valence-electron chi connectivity index (χ3n) is 3.28. The maximum atomic E-state index is 12.3. The van der Waals surface area contributed by atoms with E-state index < -0.39 is 18.0 Å². The van der Waals surface area contributed by atoms with Gasteiger partial charge in [0.15, 0.2) is 0 Å². The van der Waals surface area contributed by atoms with Crippen molar-refractivity contribution in [3.63, 3.8) is 0 Å². The van der Waals surface area contributed by atoms with Gasteiger partial charge in [-0.1, -0.05) is 6.07 Å². The van der Waals surface area contributed by atoms with Crippen LogP contribution in [-0.4, -0.2) is 46.1 Å². The highest BCUT2D eigenvalue weighted by Gasteiger charge is 2.32. The first-order valence-corrected chi connectivity index (χ1v) is 7.57. The third-order valence-corrected chi connectivity index (χ3v) is 4.31. The molecular formula is C14H15N3O3S. The molecule has 2 N–H and O–H groups in total. The van der Waals surface area contributed by atoms with Crippen LogP contribution in [-0.2, 0) is 4.79 Å². The van der Waals surface area contributed by atoms with Crippen molar-refractivity contribution in [1.82, 2.24) is 4.90 Å². The average molecular weight is 305 g/mol. The van der Waals surface area contributed by atoms with E-state index >= 15 is 0 Å². The number of carbonyl (C=O) groups excluding carboxylic acids is 1. The van der Waals surface area contributed by atoms with Crippen molar-refractivity contribution in [2.75, 3.05) is 23.4 Å². The molecule has 0 aliphatic carbocycles. The molecule has 0 radical (unpaired) electrons. The number of nitrogens with one attached hydrogen (secondary N) is 1. The molecule has 1 aliphatic rings. The summed E-state index contributed by atoms with van der Waals surface area (Å²) >= 11 is 1.52. The Balaban J connectivity index is 2.17. The zero-order valence-electron chi connectivity index (χ0n) is 11.5. The van der Waals surface area contributed by atoms with Gasteiger partial charge >= 0.3 is 12.0 Å². The number of anilines is 1. The number of carboxylic acids is 1. The SMILES string of the molecule is Cc1ccc(C#N)cc1NC(=O)N1CCSCC1C(=O)O. The molecule has 1 aliphatic heterocycles. The van der Waals surface area contributed by atoms with Crippen molar-refractivity contribution >= 4 is 29.4 Å². The fraction of sp³-hybridized carbons (Fsp3) is 0.357. The number of urea groups is 1. The highest BCUT2D eigenvalue weighted by Crippen LogP contribution is 2.21. The maximum absolute atomic E-state index is 12.3. The molecule has 0 spiro atoms. The molecule has 2 rings (SSSR count). The van der Waals surface area contributed by atoms with Gasteiger partial charge in [-0.2, -0.15) is 17.0 Å². The highest BCUT2D eigenvalue weighted by atomic mass is 32.2. The molecule has 6 nitrogen and oxygen atoms in total. The lowest BCUT2D eigenvalue weighted by molar-refractivity contribution is -0.141. The Bertz CT molecular complexity index is 612. The first kappa shape index (κ1) is 15.2. The first-order chi connectivity index (χ1) is 10.0. The zero-order valence-corrected chi connectivity index (χ0v) is 12.3. The summed E-state index contributed by atoms with van der Waals surface area (Å²) in [5, 5.41) is 20.8. The van der Waals surface area contributed by atoms with E-state index in [1.54, 1.807) is 18.2 Å². The van der Waals surface area contributed by atoms with E-state index in [1.165, 1.54) is 16.7 Å². The van der Waals surface area contributed by atoms with Crippen LogP contribution in [0.3, 0.4) is 0 Å². The molecular weight excluding hydrogens is 290 g/mol. The number of carboxylic acid groups (broad SMARTS) is 1. The van der Waals surface area contributed by atoms with Crippen molar-refractivity contribution in [2.45, 2.75) is 13.0 Å². The van der Waals surface area contributed by atoms with Crippen molar-refractivity contribution < 1.29 is 14.7 Å². The summed E-state index contributed by atoms with van der Waals surface area (Å²) < 4.78 is 0. The van der Waals surface area contributed by atoms with Crippen LogP contribution in [0, 0.1) is 18.3 Å². The second kappa shape index (κ2) is 6.50. The number of aryl methyl sites for hydroxylation is 1. The minimum atomic E-state index is -1.00. The van der Waals surface area contributed by atoms with Crippen LogP contribution >= 0.6 is 11.8 Å². The molecule has 1 atom stereocenters. The lowest BCUT2D eigenvalue weighted by Gasteiger charge is -2.32. The largest absolute Gasteiger partial charge is 0.480 e. The summed E-state index contributed by atoms with van der Waals surface area (Å²) in [5.74, 6) is 0.105. The zero-order chi connectivity index (χ0) is 15.4. The van der Waals surface area contributed by atoms with Gasteiger partial charge in [0.1, 0.15) is 6.04 Å². The van der Waals surface area contributed by atoms with Crippen molar-refractivity contribution in [2.24, 2.45) is 0 Å². The van der Waals surface area contributed by atoms with E-state index in [-0.39, 0.29) is 0 Å². The Labute approximate surface area is 126 Å². The summed E-state index contributed by atoms with van der Waals surface area (Å²) in [4.78, 5) is 24.8. The molecule has 110 valence electrons. The number of thioether (sulfide) groups is 1. The second-order valence-corrected chi connectivity index (χ2v) is 5.84. The molecule has 2 amide bonds. The Morgan fingerprint density at radius 2 is 2.29 bits per heavy atom. The van der Waals surface area contributed by atoms with Crippen LogP contribution in [0.5, 0.6) is 0 Å². The van der Waals surface area contributed by atoms with Gasteiger partial charge < -0.3 is 15.3 Å². The van der Waals surface area contributed by atoms with Crippen molar-refractivity contribution in [1.29, 1.82) is 5.26 Å².